The maximum Gasteiger partial charge on any atom is 0.240 e. The molecule has 0 radical (unpaired) electrons. The molecular weight excluding hydrogens is 280 g/mol. The van der Waals surface area contributed by atoms with Gasteiger partial charge in [-0.15, -0.1) is 0 Å². The largest absolute Gasteiger partial charge is 0.393 e. The zero-order valence-corrected chi connectivity index (χ0v) is 12.2. The number of amides is 1. The number of nitrogens with one attached hydrogen (secondary N) is 2. The van der Waals surface area contributed by atoms with Gasteiger partial charge in [0.15, 0.2) is 0 Å². The van der Waals surface area contributed by atoms with Crippen LogP contribution in [0.1, 0.15) is 31.7 Å². The third kappa shape index (κ3) is 3.00. The number of fused-ring (bicyclic) bond motifs is 1. The van der Waals surface area contributed by atoms with Gasteiger partial charge in [-0.3, -0.25) is 4.79 Å². The van der Waals surface area contributed by atoms with Crippen molar-refractivity contribution in [3.63, 3.8) is 0 Å². The first-order valence-corrected chi connectivity index (χ1v) is 7.92. The maximum absolute atomic E-state index is 12.1. The molecule has 1 aliphatic heterocycles. The lowest BCUT2D eigenvalue weighted by atomic mass is 10.0. The van der Waals surface area contributed by atoms with Gasteiger partial charge in [-0.25, -0.2) is 13.1 Å². The van der Waals surface area contributed by atoms with E-state index in [0.717, 1.165) is 0 Å². The minimum Gasteiger partial charge on any atom is -0.393 e. The lowest BCUT2D eigenvalue weighted by Gasteiger charge is -2.09. The first-order valence-electron chi connectivity index (χ1n) is 6.44. The van der Waals surface area contributed by atoms with E-state index in [2.05, 4.69) is 10.0 Å². The number of sulfonamides is 1. The van der Waals surface area contributed by atoms with Crippen molar-refractivity contribution in [1.82, 2.24) is 4.72 Å². The average molecular weight is 298 g/mol. The van der Waals surface area contributed by atoms with Crippen LogP contribution in [0, 0.1) is 0 Å². The number of hydrogen-bond donors (Lipinski definition) is 3. The van der Waals surface area contributed by atoms with Crippen LogP contribution in [-0.2, 0) is 14.8 Å². The Morgan fingerprint density at radius 1 is 1.45 bits per heavy atom. The van der Waals surface area contributed by atoms with E-state index in [1.54, 1.807) is 19.9 Å². The van der Waals surface area contributed by atoms with Crippen molar-refractivity contribution in [2.24, 2.45) is 0 Å². The fourth-order valence-corrected chi connectivity index (χ4v) is 3.13. The predicted molar refractivity (Wildman–Crippen MR) is 75.0 cm³/mol. The highest BCUT2D eigenvalue weighted by molar-refractivity contribution is 7.89. The highest BCUT2D eigenvalue weighted by atomic mass is 32.2. The van der Waals surface area contributed by atoms with Gasteiger partial charge in [0.05, 0.1) is 16.9 Å². The SMILES string of the molecule is CC(O)CCNS(=O)(=O)c1ccc2c(c1)C(C)C(=O)N2. The molecule has 6 nitrogen and oxygen atoms in total. The summed E-state index contributed by atoms with van der Waals surface area (Å²) in [5.41, 5.74) is 1.35. The molecule has 0 bridgehead atoms. The van der Waals surface area contributed by atoms with E-state index in [0.29, 0.717) is 17.7 Å². The number of hydrogen-bond acceptors (Lipinski definition) is 4. The molecule has 1 aliphatic rings. The molecule has 3 N–H and O–H groups in total. The highest BCUT2D eigenvalue weighted by Crippen LogP contribution is 2.33. The molecule has 0 fully saturated rings. The zero-order valence-electron chi connectivity index (χ0n) is 11.4. The lowest BCUT2D eigenvalue weighted by Crippen LogP contribution is -2.26. The molecule has 0 aliphatic carbocycles. The molecule has 7 heteroatoms. The third-order valence-electron chi connectivity index (χ3n) is 3.31. The van der Waals surface area contributed by atoms with Gasteiger partial charge in [0.2, 0.25) is 15.9 Å². The van der Waals surface area contributed by atoms with Gasteiger partial charge >= 0.3 is 0 Å². The number of rotatable bonds is 5. The van der Waals surface area contributed by atoms with Gasteiger partial charge in [0, 0.05) is 12.2 Å². The van der Waals surface area contributed by atoms with Crippen molar-refractivity contribution in [2.45, 2.75) is 37.2 Å². The Morgan fingerprint density at radius 2 is 2.15 bits per heavy atom. The Bertz CT molecular complexity index is 625. The van der Waals surface area contributed by atoms with Gasteiger partial charge in [-0.1, -0.05) is 0 Å². The molecular formula is C13H18N2O4S. The Labute approximate surface area is 118 Å². The van der Waals surface area contributed by atoms with Crippen molar-refractivity contribution in [1.29, 1.82) is 0 Å². The summed E-state index contributed by atoms with van der Waals surface area (Å²) in [6, 6.07) is 4.57. The van der Waals surface area contributed by atoms with E-state index in [1.165, 1.54) is 12.1 Å². The van der Waals surface area contributed by atoms with E-state index in [1.807, 2.05) is 0 Å². The van der Waals surface area contributed by atoms with Crippen LogP contribution < -0.4 is 10.0 Å². The Hall–Kier alpha value is -1.44. The second-order valence-electron chi connectivity index (χ2n) is 5.00. The number of carbonyl (C=O) groups is 1. The zero-order chi connectivity index (χ0) is 14.9. The van der Waals surface area contributed by atoms with E-state index in [4.69, 9.17) is 5.11 Å². The van der Waals surface area contributed by atoms with E-state index >= 15 is 0 Å². The smallest absolute Gasteiger partial charge is 0.240 e. The molecule has 0 saturated carbocycles. The van der Waals surface area contributed by atoms with Crippen molar-refractivity contribution in [3.8, 4) is 0 Å². The van der Waals surface area contributed by atoms with Gasteiger partial charge < -0.3 is 10.4 Å². The van der Waals surface area contributed by atoms with Crippen LogP contribution in [0.4, 0.5) is 5.69 Å². The molecule has 1 amide bonds. The number of benzene rings is 1. The molecule has 0 aromatic heterocycles. The number of aliphatic hydroxyl groups excluding tert-OH is 1. The summed E-state index contributed by atoms with van der Waals surface area (Å²) in [6.45, 7) is 3.50. The predicted octanol–water partition coefficient (Wildman–Crippen LogP) is 0.791. The van der Waals surface area contributed by atoms with E-state index < -0.39 is 16.1 Å². The third-order valence-corrected chi connectivity index (χ3v) is 4.76. The summed E-state index contributed by atoms with van der Waals surface area (Å²) in [5, 5.41) is 11.8. The van der Waals surface area contributed by atoms with Crippen LogP contribution in [-0.4, -0.2) is 32.1 Å². The molecule has 110 valence electrons. The topological polar surface area (TPSA) is 95.5 Å². The van der Waals surface area contributed by atoms with Crippen LogP contribution >= 0.6 is 0 Å². The first-order chi connectivity index (χ1) is 9.31. The second kappa shape index (κ2) is 5.51. The summed E-state index contributed by atoms with van der Waals surface area (Å²) in [5.74, 6) is -0.478. The van der Waals surface area contributed by atoms with Gasteiger partial charge in [0.1, 0.15) is 0 Å². The van der Waals surface area contributed by atoms with Crippen molar-refractivity contribution in [3.05, 3.63) is 23.8 Å². The quantitative estimate of drug-likeness (QED) is 0.749. The average Bonchev–Trinajstić information content (AvgIpc) is 2.64. The minimum absolute atomic E-state index is 0.128. The van der Waals surface area contributed by atoms with Crippen molar-refractivity contribution in [2.75, 3.05) is 11.9 Å². The van der Waals surface area contributed by atoms with Gasteiger partial charge in [-0.2, -0.15) is 0 Å². The van der Waals surface area contributed by atoms with Crippen LogP contribution in [0.25, 0.3) is 0 Å². The second-order valence-corrected chi connectivity index (χ2v) is 6.76. The standard InChI is InChI=1S/C13H18N2O4S/c1-8(16)5-6-14-20(18,19)10-3-4-12-11(7-10)9(2)13(17)15-12/h3-4,7-9,14,16H,5-6H2,1-2H3,(H,15,17). The van der Waals surface area contributed by atoms with Crippen LogP contribution in [0.3, 0.4) is 0 Å². The first kappa shape index (κ1) is 15.0. The highest BCUT2D eigenvalue weighted by Gasteiger charge is 2.28. The van der Waals surface area contributed by atoms with Crippen LogP contribution in [0.15, 0.2) is 23.1 Å². The van der Waals surface area contributed by atoms with Crippen LogP contribution in [0.5, 0.6) is 0 Å². The number of anilines is 1. The molecule has 2 unspecified atom stereocenters. The molecule has 0 saturated heterocycles. The number of carbonyl (C=O) groups excluding carboxylic acids is 1. The Kier molecular flexibility index (Phi) is 4.12. The van der Waals surface area contributed by atoms with Gasteiger partial charge in [0.25, 0.3) is 0 Å². The van der Waals surface area contributed by atoms with Crippen molar-refractivity contribution >= 4 is 21.6 Å². The Balaban J connectivity index is 2.20. The summed E-state index contributed by atoms with van der Waals surface area (Å²) < 4.78 is 26.6. The molecule has 0 spiro atoms. The van der Waals surface area contributed by atoms with Crippen LogP contribution in [0.2, 0.25) is 0 Å². The normalized spacial score (nSPS) is 19.6. The summed E-state index contributed by atoms with van der Waals surface area (Å²) in [7, 11) is -3.62. The fraction of sp³-hybridized carbons (Fsp3) is 0.462. The summed E-state index contributed by atoms with van der Waals surface area (Å²) in [6.07, 6.45) is -0.208. The van der Waals surface area contributed by atoms with Crippen molar-refractivity contribution < 1.29 is 18.3 Å². The molecule has 1 aromatic carbocycles. The summed E-state index contributed by atoms with van der Waals surface area (Å²) in [4.78, 5) is 11.7. The fourth-order valence-electron chi connectivity index (χ4n) is 2.05. The maximum atomic E-state index is 12.1. The number of aliphatic hydroxyl groups is 1. The summed E-state index contributed by atoms with van der Waals surface area (Å²) >= 11 is 0. The molecule has 2 rings (SSSR count). The molecule has 1 heterocycles. The molecule has 1 aromatic rings. The molecule has 20 heavy (non-hydrogen) atoms. The monoisotopic (exact) mass is 298 g/mol. The van der Waals surface area contributed by atoms with Gasteiger partial charge in [-0.05, 0) is 44.0 Å². The lowest BCUT2D eigenvalue weighted by molar-refractivity contribution is -0.116. The Morgan fingerprint density at radius 3 is 2.80 bits per heavy atom. The minimum atomic E-state index is -3.62. The molecule has 2 atom stereocenters. The van der Waals surface area contributed by atoms with E-state index in [9.17, 15) is 13.2 Å². The van der Waals surface area contributed by atoms with E-state index in [-0.39, 0.29) is 23.3 Å².